The maximum atomic E-state index is 13.5. The van der Waals surface area contributed by atoms with Gasteiger partial charge in [-0.1, -0.05) is 12.1 Å². The minimum Gasteiger partial charge on any atom is -0.278 e. The van der Waals surface area contributed by atoms with Crippen molar-refractivity contribution in [2.24, 2.45) is 0 Å². The molecule has 2 aromatic heterocycles. The standard InChI is InChI=1S/C14H9F5N4/c1-13(15,16)12-22-21-11-6-20-10(7-23(11)12)8-2-4-9(5-3-8)14(17,18)19/h2-7H,1H3. The Labute approximate surface area is 126 Å². The van der Waals surface area contributed by atoms with Gasteiger partial charge in [-0.15, -0.1) is 10.2 Å². The maximum absolute atomic E-state index is 13.5. The minimum absolute atomic E-state index is 0.122. The Morgan fingerprint density at radius 1 is 0.957 bits per heavy atom. The molecule has 120 valence electrons. The number of hydrogen-bond acceptors (Lipinski definition) is 3. The Balaban J connectivity index is 2.07. The van der Waals surface area contributed by atoms with Crippen molar-refractivity contribution >= 4 is 5.65 Å². The van der Waals surface area contributed by atoms with Crippen LogP contribution in [0.4, 0.5) is 22.0 Å². The SMILES string of the molecule is CC(F)(F)c1nnc2cnc(-c3ccc(C(F)(F)F)cc3)cn12. The normalized spacial score (nSPS) is 12.8. The lowest BCUT2D eigenvalue weighted by molar-refractivity contribution is -0.137. The molecule has 4 nitrogen and oxygen atoms in total. The van der Waals surface area contributed by atoms with Gasteiger partial charge in [0, 0.05) is 18.7 Å². The summed E-state index contributed by atoms with van der Waals surface area (Å²) in [6, 6.07) is 4.27. The van der Waals surface area contributed by atoms with E-state index in [-0.39, 0.29) is 11.3 Å². The summed E-state index contributed by atoms with van der Waals surface area (Å²) in [7, 11) is 0. The summed E-state index contributed by atoms with van der Waals surface area (Å²) in [5, 5.41) is 7.01. The van der Waals surface area contributed by atoms with E-state index >= 15 is 0 Å². The molecule has 0 fully saturated rings. The summed E-state index contributed by atoms with van der Waals surface area (Å²) in [5.41, 5.74) is -0.0833. The second kappa shape index (κ2) is 4.97. The number of nitrogens with zero attached hydrogens (tertiary/aromatic N) is 4. The molecule has 3 rings (SSSR count). The van der Waals surface area contributed by atoms with Gasteiger partial charge in [-0.05, 0) is 12.1 Å². The van der Waals surface area contributed by atoms with Crippen molar-refractivity contribution in [1.29, 1.82) is 0 Å². The predicted molar refractivity (Wildman–Crippen MR) is 70.8 cm³/mol. The number of fused-ring (bicyclic) bond motifs is 1. The first kappa shape index (κ1) is 15.3. The summed E-state index contributed by atoms with van der Waals surface area (Å²) in [4.78, 5) is 4.01. The van der Waals surface area contributed by atoms with Crippen LogP contribution in [0, 0.1) is 0 Å². The van der Waals surface area contributed by atoms with E-state index in [9.17, 15) is 22.0 Å². The molecule has 0 amide bonds. The van der Waals surface area contributed by atoms with Gasteiger partial charge in [-0.25, -0.2) is 0 Å². The van der Waals surface area contributed by atoms with Crippen molar-refractivity contribution in [2.45, 2.75) is 19.0 Å². The number of benzene rings is 1. The molecule has 0 saturated carbocycles. The highest BCUT2D eigenvalue weighted by molar-refractivity contribution is 5.60. The summed E-state index contributed by atoms with van der Waals surface area (Å²) >= 11 is 0. The summed E-state index contributed by atoms with van der Waals surface area (Å²) in [6.45, 7) is 0.682. The molecule has 0 radical (unpaired) electrons. The lowest BCUT2D eigenvalue weighted by Gasteiger charge is -2.09. The fourth-order valence-electron chi connectivity index (χ4n) is 2.08. The fraction of sp³-hybridized carbons (Fsp3) is 0.214. The van der Waals surface area contributed by atoms with Crippen LogP contribution in [0.15, 0.2) is 36.7 Å². The molecule has 0 spiro atoms. The molecule has 0 aliphatic carbocycles. The van der Waals surface area contributed by atoms with Gasteiger partial charge < -0.3 is 0 Å². The number of halogens is 5. The quantitative estimate of drug-likeness (QED) is 0.670. The van der Waals surface area contributed by atoms with Crippen LogP contribution in [0.5, 0.6) is 0 Å². The summed E-state index contributed by atoms with van der Waals surface area (Å²) < 4.78 is 65.7. The summed E-state index contributed by atoms with van der Waals surface area (Å²) in [5.74, 6) is -3.78. The summed E-state index contributed by atoms with van der Waals surface area (Å²) in [6.07, 6.45) is -1.94. The Hall–Kier alpha value is -2.58. The molecule has 0 saturated heterocycles. The molecule has 2 heterocycles. The third-order valence-electron chi connectivity index (χ3n) is 3.19. The number of hydrogen-bond donors (Lipinski definition) is 0. The van der Waals surface area contributed by atoms with E-state index in [1.54, 1.807) is 0 Å². The molecular weight excluding hydrogens is 319 g/mol. The van der Waals surface area contributed by atoms with E-state index in [1.165, 1.54) is 24.5 Å². The van der Waals surface area contributed by atoms with Gasteiger partial charge in [0.25, 0.3) is 0 Å². The molecule has 0 atom stereocenters. The second-order valence-corrected chi connectivity index (χ2v) is 4.99. The average molecular weight is 328 g/mol. The topological polar surface area (TPSA) is 43.1 Å². The Morgan fingerprint density at radius 3 is 2.17 bits per heavy atom. The minimum atomic E-state index is -4.44. The van der Waals surface area contributed by atoms with Gasteiger partial charge in [0.2, 0.25) is 5.82 Å². The van der Waals surface area contributed by atoms with E-state index in [1.807, 2.05) is 0 Å². The molecule has 23 heavy (non-hydrogen) atoms. The lowest BCUT2D eigenvalue weighted by Crippen LogP contribution is -2.12. The Bertz CT molecular complexity index is 846. The highest BCUT2D eigenvalue weighted by Crippen LogP contribution is 2.31. The number of rotatable bonds is 2. The Kier molecular flexibility index (Phi) is 3.31. The van der Waals surface area contributed by atoms with E-state index in [4.69, 9.17) is 0 Å². The smallest absolute Gasteiger partial charge is 0.278 e. The van der Waals surface area contributed by atoms with Crippen molar-refractivity contribution in [3.63, 3.8) is 0 Å². The van der Waals surface area contributed by atoms with Crippen LogP contribution in [-0.4, -0.2) is 19.6 Å². The monoisotopic (exact) mass is 328 g/mol. The van der Waals surface area contributed by atoms with Gasteiger partial charge in [0.1, 0.15) is 0 Å². The first-order valence-corrected chi connectivity index (χ1v) is 6.43. The van der Waals surface area contributed by atoms with E-state index in [0.29, 0.717) is 12.5 Å². The van der Waals surface area contributed by atoms with Crippen LogP contribution in [0.2, 0.25) is 0 Å². The van der Waals surface area contributed by atoms with Crippen molar-refractivity contribution < 1.29 is 22.0 Å². The predicted octanol–water partition coefficient (Wildman–Crippen LogP) is 3.92. The average Bonchev–Trinajstić information content (AvgIpc) is 2.89. The lowest BCUT2D eigenvalue weighted by atomic mass is 10.1. The third-order valence-corrected chi connectivity index (χ3v) is 3.19. The zero-order valence-corrected chi connectivity index (χ0v) is 11.6. The van der Waals surface area contributed by atoms with Crippen LogP contribution in [0.25, 0.3) is 16.9 Å². The zero-order valence-electron chi connectivity index (χ0n) is 11.6. The van der Waals surface area contributed by atoms with Crippen LogP contribution in [-0.2, 0) is 12.1 Å². The first-order chi connectivity index (χ1) is 10.7. The van der Waals surface area contributed by atoms with Gasteiger partial charge in [0.15, 0.2) is 5.65 Å². The molecule has 0 aliphatic heterocycles. The molecule has 0 bridgehead atoms. The van der Waals surface area contributed by atoms with Crippen molar-refractivity contribution in [3.8, 4) is 11.3 Å². The van der Waals surface area contributed by atoms with E-state index < -0.39 is 23.5 Å². The van der Waals surface area contributed by atoms with Crippen LogP contribution in [0.3, 0.4) is 0 Å². The third kappa shape index (κ3) is 2.86. The van der Waals surface area contributed by atoms with E-state index in [2.05, 4.69) is 15.2 Å². The van der Waals surface area contributed by atoms with Crippen LogP contribution < -0.4 is 0 Å². The number of alkyl halides is 5. The van der Waals surface area contributed by atoms with Gasteiger partial charge in [-0.3, -0.25) is 9.38 Å². The highest BCUT2D eigenvalue weighted by atomic mass is 19.4. The Morgan fingerprint density at radius 2 is 1.61 bits per heavy atom. The molecule has 3 aromatic rings. The second-order valence-electron chi connectivity index (χ2n) is 4.99. The van der Waals surface area contributed by atoms with Crippen LogP contribution in [0.1, 0.15) is 18.3 Å². The molecule has 0 N–H and O–H groups in total. The molecular formula is C14H9F5N4. The van der Waals surface area contributed by atoms with Crippen molar-refractivity contribution in [2.75, 3.05) is 0 Å². The maximum Gasteiger partial charge on any atom is 0.416 e. The van der Waals surface area contributed by atoms with Crippen molar-refractivity contribution in [1.82, 2.24) is 19.6 Å². The van der Waals surface area contributed by atoms with E-state index in [0.717, 1.165) is 16.5 Å². The molecule has 0 aliphatic rings. The largest absolute Gasteiger partial charge is 0.416 e. The molecule has 0 unspecified atom stereocenters. The number of aromatic nitrogens is 4. The zero-order chi connectivity index (χ0) is 16.8. The van der Waals surface area contributed by atoms with Crippen molar-refractivity contribution in [3.05, 3.63) is 48.0 Å². The molecule has 9 heteroatoms. The first-order valence-electron chi connectivity index (χ1n) is 6.43. The van der Waals surface area contributed by atoms with Gasteiger partial charge in [0.05, 0.1) is 17.5 Å². The fourth-order valence-corrected chi connectivity index (χ4v) is 2.08. The van der Waals surface area contributed by atoms with Gasteiger partial charge in [-0.2, -0.15) is 22.0 Å². The highest BCUT2D eigenvalue weighted by Gasteiger charge is 2.31. The molecule has 1 aromatic carbocycles. The van der Waals surface area contributed by atoms with Crippen LogP contribution >= 0.6 is 0 Å². The van der Waals surface area contributed by atoms with Gasteiger partial charge >= 0.3 is 12.1 Å².